The normalized spacial score (nSPS) is 20.4. The number of hydrogen-bond acceptors (Lipinski definition) is 4. The molecule has 1 aliphatic carbocycles. The van der Waals surface area contributed by atoms with E-state index >= 15 is 0 Å². The van der Waals surface area contributed by atoms with Crippen molar-refractivity contribution in [3.8, 4) is 0 Å². The molecule has 0 saturated carbocycles. The van der Waals surface area contributed by atoms with Gasteiger partial charge in [-0.2, -0.15) is 0 Å². The van der Waals surface area contributed by atoms with Crippen LogP contribution in [0.15, 0.2) is 72.8 Å². The number of halogens is 1. The molecule has 1 heterocycles. The molecule has 0 radical (unpaired) electrons. The quantitative estimate of drug-likeness (QED) is 0.401. The fraction of sp³-hybridized carbons (Fsp3) is 0.344. The lowest BCUT2D eigenvalue weighted by atomic mass is 9.87. The number of nitrogens with one attached hydrogen (secondary N) is 2. The lowest BCUT2D eigenvalue weighted by molar-refractivity contribution is -0.126. The van der Waals surface area contributed by atoms with Crippen LogP contribution in [0.1, 0.15) is 57.9 Å². The van der Waals surface area contributed by atoms with Crippen LogP contribution in [0, 0.1) is 5.82 Å². The molecule has 3 aromatic carbocycles. The lowest BCUT2D eigenvalue weighted by Crippen LogP contribution is -2.43. The Balaban J connectivity index is 1.14. The first-order chi connectivity index (χ1) is 19.4. The second-order valence-electron chi connectivity index (χ2n) is 10.8. The number of carbonyl (C=O) groups excluding carboxylic acids is 3. The molecular formula is C32H35FN4O3. The average Bonchev–Trinajstić information content (AvgIpc) is 3.34. The van der Waals surface area contributed by atoms with Gasteiger partial charge in [0.15, 0.2) is 0 Å². The maximum Gasteiger partial charge on any atom is 0.251 e. The van der Waals surface area contributed by atoms with Crippen molar-refractivity contribution in [2.24, 2.45) is 0 Å². The summed E-state index contributed by atoms with van der Waals surface area (Å²) in [6, 6.07) is 21.3. The molecule has 2 aliphatic rings. The Morgan fingerprint density at radius 1 is 1.00 bits per heavy atom. The van der Waals surface area contributed by atoms with Crippen molar-refractivity contribution < 1.29 is 18.8 Å². The van der Waals surface area contributed by atoms with Gasteiger partial charge in [0.05, 0.1) is 12.1 Å². The van der Waals surface area contributed by atoms with Crippen LogP contribution in [-0.2, 0) is 29.1 Å². The van der Waals surface area contributed by atoms with Gasteiger partial charge in [0.1, 0.15) is 5.82 Å². The van der Waals surface area contributed by atoms with Gasteiger partial charge in [-0.25, -0.2) is 4.39 Å². The first-order valence-corrected chi connectivity index (χ1v) is 13.8. The molecule has 0 aromatic heterocycles. The number of rotatable bonds is 9. The summed E-state index contributed by atoms with van der Waals surface area (Å²) in [4.78, 5) is 41.2. The number of likely N-dealkylation sites (N-methyl/N-ethyl adjacent to an activating group) is 1. The van der Waals surface area contributed by atoms with Gasteiger partial charge in [0.2, 0.25) is 12.3 Å². The van der Waals surface area contributed by atoms with Gasteiger partial charge in [0.25, 0.3) is 5.91 Å². The summed E-state index contributed by atoms with van der Waals surface area (Å²) in [6.07, 6.45) is 4.28. The van der Waals surface area contributed by atoms with Crippen LogP contribution in [-0.4, -0.2) is 53.7 Å². The van der Waals surface area contributed by atoms with Gasteiger partial charge in [-0.3, -0.25) is 19.3 Å². The Morgan fingerprint density at radius 3 is 2.52 bits per heavy atom. The molecule has 5 rings (SSSR count). The molecule has 3 unspecified atom stereocenters. The summed E-state index contributed by atoms with van der Waals surface area (Å²) in [5, 5.41) is 6.33. The fourth-order valence-electron chi connectivity index (χ4n) is 5.82. The summed E-state index contributed by atoms with van der Waals surface area (Å²) < 4.78 is 14.0. The molecule has 0 spiro atoms. The number of benzene rings is 3. The van der Waals surface area contributed by atoms with E-state index in [0.717, 1.165) is 24.8 Å². The first-order valence-electron chi connectivity index (χ1n) is 13.8. The van der Waals surface area contributed by atoms with E-state index in [4.69, 9.17) is 0 Å². The Bertz CT molecular complexity index is 1360. The number of amides is 3. The zero-order valence-electron chi connectivity index (χ0n) is 22.7. The van der Waals surface area contributed by atoms with Crippen LogP contribution in [0.4, 0.5) is 4.39 Å². The predicted molar refractivity (Wildman–Crippen MR) is 151 cm³/mol. The fourth-order valence-corrected chi connectivity index (χ4v) is 5.82. The second kappa shape index (κ2) is 12.4. The van der Waals surface area contributed by atoms with Gasteiger partial charge in [0, 0.05) is 36.8 Å². The average molecular weight is 543 g/mol. The third-order valence-corrected chi connectivity index (χ3v) is 7.95. The summed E-state index contributed by atoms with van der Waals surface area (Å²) in [7, 11) is 1.92. The van der Waals surface area contributed by atoms with Crippen molar-refractivity contribution in [3.63, 3.8) is 0 Å². The molecule has 3 aromatic rings. The van der Waals surface area contributed by atoms with E-state index in [1.54, 1.807) is 42.5 Å². The SMILES string of the molecule is CN1CC(NC(=O)c2ccc(CN(C=O)Cc3ccccc3F)cc2)CC1C(=O)NC1CCCc2ccccc21. The minimum atomic E-state index is -0.349. The van der Waals surface area contributed by atoms with Crippen LogP contribution in [0.25, 0.3) is 0 Å². The second-order valence-corrected chi connectivity index (χ2v) is 10.8. The van der Waals surface area contributed by atoms with E-state index in [1.165, 1.54) is 22.1 Å². The van der Waals surface area contributed by atoms with Crippen molar-refractivity contribution in [2.45, 2.75) is 56.9 Å². The monoisotopic (exact) mass is 542 g/mol. The summed E-state index contributed by atoms with van der Waals surface area (Å²) in [6.45, 7) is 1.05. The third kappa shape index (κ3) is 6.39. The van der Waals surface area contributed by atoms with Gasteiger partial charge < -0.3 is 15.5 Å². The Kier molecular flexibility index (Phi) is 8.55. The van der Waals surface area contributed by atoms with Crippen molar-refractivity contribution >= 4 is 18.2 Å². The van der Waals surface area contributed by atoms with Gasteiger partial charge >= 0.3 is 0 Å². The highest BCUT2D eigenvalue weighted by Crippen LogP contribution is 2.30. The number of hydrogen-bond donors (Lipinski definition) is 2. The van der Waals surface area contributed by atoms with Gasteiger partial charge in [-0.15, -0.1) is 0 Å². The van der Waals surface area contributed by atoms with Crippen LogP contribution in [0.5, 0.6) is 0 Å². The minimum absolute atomic E-state index is 0.000390. The molecule has 3 atom stereocenters. The van der Waals surface area contributed by atoms with Gasteiger partial charge in [-0.05, 0) is 67.6 Å². The highest BCUT2D eigenvalue weighted by Gasteiger charge is 2.36. The molecule has 7 nitrogen and oxygen atoms in total. The number of nitrogens with zero attached hydrogens (tertiary/aromatic N) is 2. The van der Waals surface area contributed by atoms with Crippen molar-refractivity contribution in [1.82, 2.24) is 20.4 Å². The van der Waals surface area contributed by atoms with Crippen molar-refractivity contribution in [1.29, 1.82) is 0 Å². The minimum Gasteiger partial charge on any atom is -0.348 e. The Morgan fingerprint density at radius 2 is 1.75 bits per heavy atom. The lowest BCUT2D eigenvalue weighted by Gasteiger charge is -2.28. The molecule has 1 aliphatic heterocycles. The number of fused-ring (bicyclic) bond motifs is 1. The van der Waals surface area contributed by atoms with Crippen molar-refractivity contribution in [3.05, 3.63) is 106 Å². The number of carbonyl (C=O) groups is 3. The van der Waals surface area contributed by atoms with E-state index in [0.29, 0.717) is 37.0 Å². The largest absolute Gasteiger partial charge is 0.348 e. The molecular weight excluding hydrogens is 507 g/mol. The molecule has 3 amide bonds. The maximum atomic E-state index is 14.0. The summed E-state index contributed by atoms with van der Waals surface area (Å²) in [5.74, 6) is -0.552. The molecule has 2 N–H and O–H groups in total. The Hall–Kier alpha value is -4.04. The highest BCUT2D eigenvalue weighted by molar-refractivity contribution is 5.94. The summed E-state index contributed by atoms with van der Waals surface area (Å²) >= 11 is 0. The van der Waals surface area contributed by atoms with Crippen LogP contribution in [0.2, 0.25) is 0 Å². The van der Waals surface area contributed by atoms with Gasteiger partial charge in [-0.1, -0.05) is 54.6 Å². The molecule has 0 bridgehead atoms. The van der Waals surface area contributed by atoms with Crippen molar-refractivity contribution in [2.75, 3.05) is 13.6 Å². The van der Waals surface area contributed by atoms with E-state index in [1.807, 2.05) is 24.1 Å². The number of likely N-dealkylation sites (tertiary alicyclic amines) is 1. The Labute approximate surface area is 234 Å². The topological polar surface area (TPSA) is 81.8 Å². The van der Waals surface area contributed by atoms with E-state index in [2.05, 4.69) is 22.8 Å². The maximum absolute atomic E-state index is 14.0. The third-order valence-electron chi connectivity index (χ3n) is 7.95. The molecule has 1 fully saturated rings. The van der Waals surface area contributed by atoms with E-state index in [-0.39, 0.29) is 42.3 Å². The first kappa shape index (κ1) is 27.5. The molecule has 208 valence electrons. The van der Waals surface area contributed by atoms with Crippen LogP contribution in [0.3, 0.4) is 0 Å². The highest BCUT2D eigenvalue weighted by atomic mass is 19.1. The van der Waals surface area contributed by atoms with E-state index in [9.17, 15) is 18.8 Å². The smallest absolute Gasteiger partial charge is 0.251 e. The molecule has 8 heteroatoms. The molecule has 1 saturated heterocycles. The van der Waals surface area contributed by atoms with Crippen LogP contribution >= 0.6 is 0 Å². The van der Waals surface area contributed by atoms with Crippen LogP contribution < -0.4 is 10.6 Å². The van der Waals surface area contributed by atoms with E-state index < -0.39 is 0 Å². The number of aryl methyl sites for hydroxylation is 1. The zero-order chi connectivity index (χ0) is 28.1. The zero-order valence-corrected chi connectivity index (χ0v) is 22.7. The predicted octanol–water partition coefficient (Wildman–Crippen LogP) is 3.98. The standard InChI is InChI=1S/C32H35FN4O3/c1-36-20-26(17-30(36)32(40)35-29-12-6-9-23-7-2-4-10-27(23)29)34-31(39)24-15-13-22(14-16-24)18-37(21-38)19-25-8-3-5-11-28(25)33/h2-5,7-8,10-11,13-16,21,26,29-30H,6,9,12,17-20H2,1H3,(H,34,39)(H,35,40). The summed E-state index contributed by atoms with van der Waals surface area (Å²) in [5.41, 5.74) is 4.30. The molecule has 40 heavy (non-hydrogen) atoms.